The summed E-state index contributed by atoms with van der Waals surface area (Å²) >= 11 is 0. The fourth-order valence-corrected chi connectivity index (χ4v) is 3.25. The number of nitrogens with zero attached hydrogens (tertiary/aromatic N) is 1. The van der Waals surface area contributed by atoms with E-state index in [4.69, 9.17) is 0 Å². The highest BCUT2D eigenvalue weighted by Gasteiger charge is 1.98. The normalized spacial score (nSPS) is 11.0. The van der Waals surface area contributed by atoms with E-state index in [0.717, 1.165) is 0 Å². The van der Waals surface area contributed by atoms with Crippen molar-refractivity contribution in [3.63, 3.8) is 0 Å². The molecule has 0 spiro atoms. The minimum absolute atomic E-state index is 0. The lowest BCUT2D eigenvalue weighted by Gasteiger charge is -2.17. The van der Waals surface area contributed by atoms with Crippen molar-refractivity contribution < 1.29 is 0 Å². The van der Waals surface area contributed by atoms with Gasteiger partial charge in [0.2, 0.25) is 0 Å². The summed E-state index contributed by atoms with van der Waals surface area (Å²) in [5.74, 6) is 0. The van der Waals surface area contributed by atoms with E-state index < -0.39 is 0 Å². The smallest absolute Gasteiger partial charge is 0.00190 e. The second-order valence-corrected chi connectivity index (χ2v) is 6.98. The van der Waals surface area contributed by atoms with Crippen molar-refractivity contribution in [1.29, 1.82) is 0 Å². The quantitative estimate of drug-likeness (QED) is 0.215. The zero-order valence-corrected chi connectivity index (χ0v) is 18.3. The molecule has 1 nitrogen and oxygen atoms in total. The molecule has 0 bridgehead atoms. The molecule has 0 N–H and O–H groups in total. The lowest BCUT2D eigenvalue weighted by molar-refractivity contribution is 0.295. The first kappa shape index (κ1) is 25.7. The second kappa shape index (κ2) is 22.4. The molecule has 0 saturated carbocycles. The molecule has 142 valence electrons. The molecular weight excluding hydrogens is 346 g/mol. The van der Waals surface area contributed by atoms with E-state index in [9.17, 15) is 0 Å². The summed E-state index contributed by atoms with van der Waals surface area (Å²) in [5, 5.41) is 0. The summed E-state index contributed by atoms with van der Waals surface area (Å²) in [6, 6.07) is 0. The van der Waals surface area contributed by atoms with Gasteiger partial charge in [0.05, 0.1) is 0 Å². The lowest BCUT2D eigenvalue weighted by atomic mass is 10.0. The van der Waals surface area contributed by atoms with Gasteiger partial charge in [0, 0.05) is 0 Å². The predicted molar refractivity (Wildman–Crippen MR) is 113 cm³/mol. The predicted octanol–water partition coefficient (Wildman–Crippen LogP) is 7.78. The maximum absolute atomic E-state index is 2.54. The molecule has 23 heavy (non-hydrogen) atoms. The second-order valence-electron chi connectivity index (χ2n) is 6.98. The van der Waals surface area contributed by atoms with E-state index in [0.29, 0.717) is 0 Å². The third kappa shape index (κ3) is 20.4. The van der Waals surface area contributed by atoms with E-state index in [1.165, 1.54) is 116 Å². The van der Waals surface area contributed by atoms with E-state index in [-0.39, 0.29) is 17.0 Å². The van der Waals surface area contributed by atoms with Gasteiger partial charge in [-0.1, -0.05) is 111 Å². The third-order valence-electron chi connectivity index (χ3n) is 4.97. The standard InChI is InChI=1S/C21H45N.BrH/c1-4-7-8-9-10-11-12-13-14-15-16-17-18-19-20-21-22(5-2)6-3;/h4-21H2,1-3H3;1H. The van der Waals surface area contributed by atoms with Crippen LogP contribution in [0.25, 0.3) is 0 Å². The van der Waals surface area contributed by atoms with Crippen LogP contribution in [-0.4, -0.2) is 24.5 Å². The molecule has 0 atom stereocenters. The number of hydrogen-bond acceptors (Lipinski definition) is 1. The van der Waals surface area contributed by atoms with E-state index in [1.54, 1.807) is 0 Å². The van der Waals surface area contributed by atoms with Gasteiger partial charge in [-0.3, -0.25) is 0 Å². The van der Waals surface area contributed by atoms with Crippen LogP contribution in [0, 0.1) is 0 Å². The van der Waals surface area contributed by atoms with Gasteiger partial charge in [0.25, 0.3) is 0 Å². The molecule has 0 amide bonds. The first-order valence-corrected chi connectivity index (χ1v) is 10.6. The lowest BCUT2D eigenvalue weighted by Crippen LogP contribution is -2.23. The summed E-state index contributed by atoms with van der Waals surface area (Å²) in [4.78, 5) is 2.54. The van der Waals surface area contributed by atoms with Gasteiger partial charge < -0.3 is 4.90 Å². The van der Waals surface area contributed by atoms with Crippen LogP contribution in [0.1, 0.15) is 117 Å². The van der Waals surface area contributed by atoms with Crippen LogP contribution in [0.5, 0.6) is 0 Å². The SMILES string of the molecule is Br.CCCCCCCCCCCCCCCCCN(CC)CC. The first-order valence-electron chi connectivity index (χ1n) is 10.6. The molecule has 0 rings (SSSR count). The molecular formula is C21H46BrN. The first-order chi connectivity index (χ1) is 10.8. The highest BCUT2D eigenvalue weighted by Crippen LogP contribution is 2.13. The van der Waals surface area contributed by atoms with Crippen molar-refractivity contribution in [2.75, 3.05) is 19.6 Å². The molecule has 0 saturated heterocycles. The minimum atomic E-state index is 0. The van der Waals surface area contributed by atoms with Crippen molar-refractivity contribution in [2.24, 2.45) is 0 Å². The number of rotatable bonds is 18. The highest BCUT2D eigenvalue weighted by molar-refractivity contribution is 8.93. The summed E-state index contributed by atoms with van der Waals surface area (Å²) in [6.07, 6.45) is 21.9. The molecule has 0 unspecified atom stereocenters. The van der Waals surface area contributed by atoms with Gasteiger partial charge in [-0.2, -0.15) is 0 Å². The van der Waals surface area contributed by atoms with E-state index >= 15 is 0 Å². The number of unbranched alkanes of at least 4 members (excludes halogenated alkanes) is 14. The van der Waals surface area contributed by atoms with Gasteiger partial charge in [-0.15, -0.1) is 17.0 Å². The van der Waals surface area contributed by atoms with Crippen molar-refractivity contribution in [3.8, 4) is 0 Å². The molecule has 0 radical (unpaired) electrons. The Morgan fingerprint density at radius 3 is 1.04 bits per heavy atom. The maximum Gasteiger partial charge on any atom is -0.00190 e. The van der Waals surface area contributed by atoms with Crippen LogP contribution in [0.4, 0.5) is 0 Å². The van der Waals surface area contributed by atoms with Crippen molar-refractivity contribution >= 4 is 17.0 Å². The van der Waals surface area contributed by atoms with Crippen LogP contribution in [0.15, 0.2) is 0 Å². The summed E-state index contributed by atoms with van der Waals surface area (Å²) in [6.45, 7) is 10.6. The van der Waals surface area contributed by atoms with Crippen LogP contribution < -0.4 is 0 Å². The molecule has 0 fully saturated rings. The van der Waals surface area contributed by atoms with E-state index in [2.05, 4.69) is 25.7 Å². The summed E-state index contributed by atoms with van der Waals surface area (Å²) < 4.78 is 0. The van der Waals surface area contributed by atoms with Crippen LogP contribution in [-0.2, 0) is 0 Å². The Morgan fingerprint density at radius 2 is 0.739 bits per heavy atom. The van der Waals surface area contributed by atoms with Crippen LogP contribution >= 0.6 is 17.0 Å². The summed E-state index contributed by atoms with van der Waals surface area (Å²) in [7, 11) is 0. The molecule has 0 aromatic rings. The zero-order valence-electron chi connectivity index (χ0n) is 16.6. The maximum atomic E-state index is 2.54. The Bertz CT molecular complexity index is 192. The van der Waals surface area contributed by atoms with Crippen LogP contribution in [0.3, 0.4) is 0 Å². The van der Waals surface area contributed by atoms with Gasteiger partial charge in [-0.05, 0) is 26.1 Å². The Kier molecular flexibility index (Phi) is 25.1. The molecule has 0 heterocycles. The monoisotopic (exact) mass is 391 g/mol. The zero-order chi connectivity index (χ0) is 16.3. The van der Waals surface area contributed by atoms with Crippen molar-refractivity contribution in [2.45, 2.75) is 117 Å². The Balaban J connectivity index is 0. The van der Waals surface area contributed by atoms with Gasteiger partial charge in [-0.25, -0.2) is 0 Å². The Morgan fingerprint density at radius 1 is 0.435 bits per heavy atom. The third-order valence-corrected chi connectivity index (χ3v) is 4.97. The molecule has 0 aromatic heterocycles. The van der Waals surface area contributed by atoms with Gasteiger partial charge in [0.15, 0.2) is 0 Å². The van der Waals surface area contributed by atoms with Crippen molar-refractivity contribution in [1.82, 2.24) is 4.90 Å². The largest absolute Gasteiger partial charge is 0.304 e. The molecule has 0 aromatic carbocycles. The average molecular weight is 393 g/mol. The molecule has 0 aliphatic rings. The fraction of sp³-hybridized carbons (Fsp3) is 1.00. The molecule has 2 heteroatoms. The molecule has 0 aliphatic heterocycles. The Labute approximate surface area is 158 Å². The number of halogens is 1. The van der Waals surface area contributed by atoms with Gasteiger partial charge in [0.1, 0.15) is 0 Å². The Hall–Kier alpha value is 0.440. The van der Waals surface area contributed by atoms with E-state index in [1.807, 2.05) is 0 Å². The topological polar surface area (TPSA) is 3.24 Å². The fourth-order valence-electron chi connectivity index (χ4n) is 3.25. The van der Waals surface area contributed by atoms with Crippen molar-refractivity contribution in [3.05, 3.63) is 0 Å². The average Bonchev–Trinajstić information content (AvgIpc) is 2.55. The summed E-state index contributed by atoms with van der Waals surface area (Å²) in [5.41, 5.74) is 0. The minimum Gasteiger partial charge on any atom is -0.304 e. The van der Waals surface area contributed by atoms with Crippen LogP contribution in [0.2, 0.25) is 0 Å². The number of hydrogen-bond donors (Lipinski definition) is 0. The van der Waals surface area contributed by atoms with Gasteiger partial charge >= 0.3 is 0 Å². The molecule has 0 aliphatic carbocycles. The highest BCUT2D eigenvalue weighted by atomic mass is 79.9.